The van der Waals surface area contributed by atoms with Crippen LogP contribution in [0.15, 0.2) is 96.6 Å². The van der Waals surface area contributed by atoms with Crippen molar-refractivity contribution in [3.05, 3.63) is 123 Å². The summed E-state index contributed by atoms with van der Waals surface area (Å²) in [5.74, 6) is 1.10. The summed E-state index contributed by atoms with van der Waals surface area (Å²) in [5.41, 5.74) is 2.98. The number of carbonyl (C=O) groups is 1. The predicted octanol–water partition coefficient (Wildman–Crippen LogP) is 7.71. The van der Waals surface area contributed by atoms with Gasteiger partial charge < -0.3 is 19.5 Å². The van der Waals surface area contributed by atoms with Crippen LogP contribution in [0.3, 0.4) is 0 Å². The minimum atomic E-state index is -0.535. The highest BCUT2D eigenvalue weighted by atomic mass is 35.5. The lowest BCUT2D eigenvalue weighted by Gasteiger charge is -2.12. The van der Waals surface area contributed by atoms with Crippen LogP contribution in [0.1, 0.15) is 16.7 Å². The lowest BCUT2D eigenvalue weighted by Crippen LogP contribution is -2.13. The van der Waals surface area contributed by atoms with Gasteiger partial charge in [-0.3, -0.25) is 4.79 Å². The number of nitrogens with one attached hydrogen (secondary N) is 1. The first-order valence-corrected chi connectivity index (χ1v) is 12.6. The Balaban J connectivity index is 1.37. The van der Waals surface area contributed by atoms with Gasteiger partial charge in [0.15, 0.2) is 11.5 Å². The average molecular weight is 559 g/mol. The maximum atomic E-state index is 12.8. The van der Waals surface area contributed by atoms with E-state index >= 15 is 0 Å². The van der Waals surface area contributed by atoms with E-state index in [-0.39, 0.29) is 5.57 Å². The minimum absolute atomic E-state index is 0.0623. The molecule has 39 heavy (non-hydrogen) atoms. The average Bonchev–Trinajstić information content (AvgIpc) is 2.95. The zero-order valence-electron chi connectivity index (χ0n) is 21.0. The van der Waals surface area contributed by atoms with E-state index in [0.29, 0.717) is 51.8 Å². The summed E-state index contributed by atoms with van der Waals surface area (Å²) < 4.78 is 17.1. The Hall–Kier alpha value is -4.44. The standard InChI is InChI=1S/C31H24Cl2N2O4/c1-37-30-17-22(7-14-29(30)39-20-23-3-2-4-26(33)16-23)15-24(18-34)31(36)35-27-10-12-28(13-11-27)38-19-21-5-8-25(32)9-6-21/h2-17H,19-20H2,1H3,(H,35,36)/b24-15+. The summed E-state index contributed by atoms with van der Waals surface area (Å²) >= 11 is 11.9. The lowest BCUT2D eigenvalue weighted by molar-refractivity contribution is -0.112. The van der Waals surface area contributed by atoms with Gasteiger partial charge in [-0.15, -0.1) is 0 Å². The number of carbonyl (C=O) groups excluding carboxylic acids is 1. The van der Waals surface area contributed by atoms with Gasteiger partial charge in [-0.25, -0.2) is 0 Å². The fourth-order valence-electron chi connectivity index (χ4n) is 3.58. The van der Waals surface area contributed by atoms with Crippen molar-refractivity contribution in [3.63, 3.8) is 0 Å². The SMILES string of the molecule is COc1cc(/C=C(\C#N)C(=O)Nc2ccc(OCc3ccc(Cl)cc3)cc2)ccc1OCc1cccc(Cl)c1. The third-order valence-electron chi connectivity index (χ3n) is 5.58. The second-order valence-electron chi connectivity index (χ2n) is 8.39. The van der Waals surface area contributed by atoms with Crippen molar-refractivity contribution < 1.29 is 19.0 Å². The zero-order chi connectivity index (χ0) is 27.6. The van der Waals surface area contributed by atoms with E-state index in [9.17, 15) is 10.1 Å². The van der Waals surface area contributed by atoms with E-state index < -0.39 is 5.91 Å². The molecule has 0 bridgehead atoms. The molecule has 4 aromatic carbocycles. The first-order valence-electron chi connectivity index (χ1n) is 11.9. The first kappa shape index (κ1) is 27.6. The van der Waals surface area contributed by atoms with Gasteiger partial charge in [0, 0.05) is 15.7 Å². The molecular formula is C31H24Cl2N2O4. The first-order chi connectivity index (χ1) is 18.9. The molecule has 0 radical (unpaired) electrons. The van der Waals surface area contributed by atoms with Gasteiger partial charge in [0.25, 0.3) is 5.91 Å². The molecule has 0 aromatic heterocycles. The molecule has 0 aliphatic carbocycles. The molecule has 0 fully saturated rings. The molecule has 196 valence electrons. The highest BCUT2D eigenvalue weighted by Gasteiger charge is 2.12. The van der Waals surface area contributed by atoms with Gasteiger partial charge in [0.2, 0.25) is 0 Å². The van der Waals surface area contributed by atoms with Crippen molar-refractivity contribution in [3.8, 4) is 23.3 Å². The molecule has 8 heteroatoms. The number of nitrogens with zero attached hydrogens (tertiary/aromatic N) is 1. The van der Waals surface area contributed by atoms with Gasteiger partial charge in [0.1, 0.15) is 30.6 Å². The molecule has 4 rings (SSSR count). The topological polar surface area (TPSA) is 80.6 Å². The number of hydrogen-bond donors (Lipinski definition) is 1. The molecule has 0 saturated heterocycles. The number of rotatable bonds is 10. The second kappa shape index (κ2) is 13.4. The summed E-state index contributed by atoms with van der Waals surface area (Å²) in [5, 5.41) is 13.6. The molecular weight excluding hydrogens is 535 g/mol. The number of methoxy groups -OCH3 is 1. The maximum Gasteiger partial charge on any atom is 0.266 e. The molecule has 0 unspecified atom stereocenters. The van der Waals surface area contributed by atoms with Crippen LogP contribution in [-0.4, -0.2) is 13.0 Å². The summed E-state index contributed by atoms with van der Waals surface area (Å²) in [4.78, 5) is 12.8. The summed E-state index contributed by atoms with van der Waals surface area (Å²) in [6, 6.07) is 28.8. The molecule has 0 aliphatic heterocycles. The molecule has 0 heterocycles. The summed E-state index contributed by atoms with van der Waals surface area (Å²) in [6.07, 6.45) is 1.49. The Morgan fingerprint density at radius 2 is 1.59 bits per heavy atom. The summed E-state index contributed by atoms with van der Waals surface area (Å²) in [6.45, 7) is 0.695. The van der Waals surface area contributed by atoms with Crippen LogP contribution in [0.5, 0.6) is 17.2 Å². The predicted molar refractivity (Wildman–Crippen MR) is 153 cm³/mol. The van der Waals surface area contributed by atoms with Crippen molar-refractivity contribution >= 4 is 40.9 Å². The van der Waals surface area contributed by atoms with Crippen LogP contribution < -0.4 is 19.5 Å². The molecule has 1 amide bonds. The molecule has 0 atom stereocenters. The number of anilines is 1. The van der Waals surface area contributed by atoms with E-state index in [1.165, 1.54) is 13.2 Å². The van der Waals surface area contributed by atoms with Gasteiger partial charge in [0.05, 0.1) is 7.11 Å². The number of ether oxygens (including phenoxy) is 3. The normalized spacial score (nSPS) is 10.9. The van der Waals surface area contributed by atoms with Crippen molar-refractivity contribution in [2.75, 3.05) is 12.4 Å². The van der Waals surface area contributed by atoms with Crippen molar-refractivity contribution in [1.82, 2.24) is 0 Å². The van der Waals surface area contributed by atoms with Crippen LogP contribution in [0.4, 0.5) is 5.69 Å². The minimum Gasteiger partial charge on any atom is -0.493 e. The Morgan fingerprint density at radius 1 is 0.846 bits per heavy atom. The molecule has 4 aromatic rings. The smallest absolute Gasteiger partial charge is 0.266 e. The number of halogens is 2. The summed E-state index contributed by atoms with van der Waals surface area (Å²) in [7, 11) is 1.52. The Kier molecular flexibility index (Phi) is 9.47. The molecule has 6 nitrogen and oxygen atoms in total. The highest BCUT2D eigenvalue weighted by molar-refractivity contribution is 6.30. The van der Waals surface area contributed by atoms with Gasteiger partial charge in [-0.2, -0.15) is 5.26 Å². The maximum absolute atomic E-state index is 12.8. The van der Waals surface area contributed by atoms with E-state index in [0.717, 1.165) is 11.1 Å². The zero-order valence-corrected chi connectivity index (χ0v) is 22.5. The van der Waals surface area contributed by atoms with Crippen molar-refractivity contribution in [2.24, 2.45) is 0 Å². The number of hydrogen-bond acceptors (Lipinski definition) is 5. The quantitative estimate of drug-likeness (QED) is 0.159. The van der Waals surface area contributed by atoms with Crippen LogP contribution >= 0.6 is 23.2 Å². The van der Waals surface area contributed by atoms with Gasteiger partial charge in [-0.1, -0.05) is 53.5 Å². The Labute approximate surface area is 237 Å². The van der Waals surface area contributed by atoms with Crippen molar-refractivity contribution in [2.45, 2.75) is 13.2 Å². The molecule has 0 aliphatic rings. The van der Waals surface area contributed by atoms with Crippen LogP contribution in [0, 0.1) is 11.3 Å². The van der Waals surface area contributed by atoms with Crippen molar-refractivity contribution in [1.29, 1.82) is 5.26 Å². The highest BCUT2D eigenvalue weighted by Crippen LogP contribution is 2.30. The number of benzene rings is 4. The second-order valence-corrected chi connectivity index (χ2v) is 9.27. The van der Waals surface area contributed by atoms with E-state index in [1.54, 1.807) is 60.7 Å². The Morgan fingerprint density at radius 3 is 2.28 bits per heavy atom. The van der Waals surface area contributed by atoms with Gasteiger partial charge in [-0.05, 0) is 83.4 Å². The third kappa shape index (κ3) is 8.02. The number of nitriles is 1. The third-order valence-corrected chi connectivity index (χ3v) is 6.07. The fraction of sp³-hybridized carbons (Fsp3) is 0.0968. The fourth-order valence-corrected chi connectivity index (χ4v) is 3.92. The van der Waals surface area contributed by atoms with E-state index in [4.69, 9.17) is 37.4 Å². The van der Waals surface area contributed by atoms with Gasteiger partial charge >= 0.3 is 0 Å². The monoisotopic (exact) mass is 558 g/mol. The van der Waals surface area contributed by atoms with E-state index in [1.807, 2.05) is 36.4 Å². The van der Waals surface area contributed by atoms with Crippen LogP contribution in [0.25, 0.3) is 6.08 Å². The largest absolute Gasteiger partial charge is 0.493 e. The molecule has 0 saturated carbocycles. The Bertz CT molecular complexity index is 1510. The van der Waals surface area contributed by atoms with E-state index in [2.05, 4.69) is 5.32 Å². The molecule has 0 spiro atoms. The molecule has 1 N–H and O–H groups in total. The lowest BCUT2D eigenvalue weighted by atomic mass is 10.1. The van der Waals surface area contributed by atoms with Crippen LogP contribution in [-0.2, 0) is 18.0 Å². The number of amides is 1. The van der Waals surface area contributed by atoms with Crippen LogP contribution in [0.2, 0.25) is 10.0 Å².